The van der Waals surface area contributed by atoms with Crippen LogP contribution in [0.2, 0.25) is 0 Å². The van der Waals surface area contributed by atoms with Gasteiger partial charge in [0.05, 0.1) is 132 Å². The van der Waals surface area contributed by atoms with Crippen LogP contribution in [0.25, 0.3) is 0 Å². The maximum Gasteiger partial charge on any atom is 0.410 e. The molecule has 0 saturated carbocycles. The Morgan fingerprint density at radius 2 is 0.745 bits per heavy atom. The lowest BCUT2D eigenvalue weighted by molar-refractivity contribution is -0.145. The van der Waals surface area contributed by atoms with E-state index in [1.54, 1.807) is 7.05 Å². The number of hydrogen-bond acceptors (Lipinski definition) is 14. The van der Waals surface area contributed by atoms with Gasteiger partial charge in [-0.3, -0.25) is 4.79 Å². The molecule has 0 aliphatic rings. The highest BCUT2D eigenvalue weighted by molar-refractivity contribution is 5.69. The van der Waals surface area contributed by atoms with Crippen molar-refractivity contribution in [1.82, 2.24) is 4.90 Å². The summed E-state index contributed by atoms with van der Waals surface area (Å²) in [6, 6.07) is 0. The van der Waals surface area contributed by atoms with Crippen LogP contribution in [0.1, 0.15) is 40.5 Å². The van der Waals surface area contributed by atoms with Crippen LogP contribution in [0.15, 0.2) is 0 Å². The van der Waals surface area contributed by atoms with Gasteiger partial charge in [0.15, 0.2) is 0 Å². The molecule has 47 heavy (non-hydrogen) atoms. The van der Waals surface area contributed by atoms with Crippen LogP contribution < -0.4 is 0 Å². The molecule has 280 valence electrons. The molecule has 15 heteroatoms. The molecule has 1 amide bonds. The highest BCUT2D eigenvalue weighted by Crippen LogP contribution is 2.08. The van der Waals surface area contributed by atoms with Crippen molar-refractivity contribution in [3.05, 3.63) is 0 Å². The lowest BCUT2D eigenvalue weighted by atomic mass is 10.2. The summed E-state index contributed by atoms with van der Waals surface area (Å²) in [5, 5.41) is 0. The van der Waals surface area contributed by atoms with Gasteiger partial charge in [-0.2, -0.15) is 0 Å². The minimum Gasteiger partial charge on any atom is -0.463 e. The first-order valence-electron chi connectivity index (χ1n) is 16.6. The lowest BCUT2D eigenvalue weighted by Crippen LogP contribution is -2.36. The van der Waals surface area contributed by atoms with Crippen molar-refractivity contribution in [3.63, 3.8) is 0 Å². The smallest absolute Gasteiger partial charge is 0.410 e. The van der Waals surface area contributed by atoms with Gasteiger partial charge in [0, 0.05) is 20.0 Å². The average molecular weight is 686 g/mol. The van der Waals surface area contributed by atoms with Gasteiger partial charge in [0.25, 0.3) is 0 Å². The summed E-state index contributed by atoms with van der Waals surface area (Å²) in [5.41, 5.74) is -0.512. The van der Waals surface area contributed by atoms with Crippen LogP contribution in [-0.2, 0) is 61.6 Å². The molecular formula is C32H63NO14. The van der Waals surface area contributed by atoms with E-state index in [2.05, 4.69) is 0 Å². The minimum atomic E-state index is -0.512. The maximum absolute atomic E-state index is 11.8. The molecule has 0 aromatic rings. The number of ether oxygens (including phenoxy) is 12. The van der Waals surface area contributed by atoms with Gasteiger partial charge in [0.2, 0.25) is 0 Å². The topological polar surface area (TPSA) is 148 Å². The normalized spacial score (nSPS) is 11.6. The predicted octanol–water partition coefficient (Wildman–Crippen LogP) is 2.36. The number of amides is 1. The lowest BCUT2D eigenvalue weighted by Gasteiger charge is -2.24. The van der Waals surface area contributed by atoms with Crippen molar-refractivity contribution in [2.75, 3.05) is 152 Å². The third kappa shape index (κ3) is 37.0. The standard InChI is InChI=1S/C32H63NO14/c1-6-7-30(34)46-29-28-45-27-26-44-25-24-43-23-22-42-21-20-41-19-18-40-17-16-39-15-14-38-13-12-37-11-10-36-9-8-33(5)31(35)47-32(2,3)4/h6-29H2,1-5H3. The van der Waals surface area contributed by atoms with Gasteiger partial charge >= 0.3 is 12.1 Å². The van der Waals surface area contributed by atoms with Crippen LogP contribution in [0.3, 0.4) is 0 Å². The molecule has 0 heterocycles. The van der Waals surface area contributed by atoms with E-state index in [4.69, 9.17) is 56.8 Å². The quantitative estimate of drug-likeness (QED) is 0.0710. The summed E-state index contributed by atoms with van der Waals surface area (Å²) in [6.45, 7) is 17.5. The van der Waals surface area contributed by atoms with Crippen LogP contribution in [0, 0.1) is 0 Å². The zero-order valence-electron chi connectivity index (χ0n) is 29.6. The fourth-order valence-electron chi connectivity index (χ4n) is 3.20. The molecule has 0 unspecified atom stereocenters. The van der Waals surface area contributed by atoms with Crippen LogP contribution in [0.5, 0.6) is 0 Å². The average Bonchev–Trinajstić information content (AvgIpc) is 3.02. The third-order valence-corrected chi connectivity index (χ3v) is 5.57. The Hall–Kier alpha value is -1.66. The Morgan fingerprint density at radius 1 is 0.468 bits per heavy atom. The Morgan fingerprint density at radius 3 is 1.02 bits per heavy atom. The molecule has 0 rings (SSSR count). The molecule has 0 aliphatic carbocycles. The molecule has 0 radical (unpaired) electrons. The van der Waals surface area contributed by atoms with E-state index in [1.807, 2.05) is 27.7 Å². The summed E-state index contributed by atoms with van der Waals surface area (Å²) in [4.78, 5) is 24.5. The molecule has 0 fully saturated rings. The van der Waals surface area contributed by atoms with E-state index in [9.17, 15) is 9.59 Å². The number of likely N-dealkylation sites (N-methyl/N-ethyl adjacent to an activating group) is 1. The zero-order valence-corrected chi connectivity index (χ0v) is 29.6. The predicted molar refractivity (Wildman–Crippen MR) is 173 cm³/mol. The monoisotopic (exact) mass is 685 g/mol. The molecule has 15 nitrogen and oxygen atoms in total. The first-order valence-corrected chi connectivity index (χ1v) is 16.6. The summed E-state index contributed by atoms with van der Waals surface area (Å²) in [5.74, 6) is -0.192. The van der Waals surface area contributed by atoms with Crippen molar-refractivity contribution in [3.8, 4) is 0 Å². The van der Waals surface area contributed by atoms with E-state index >= 15 is 0 Å². The van der Waals surface area contributed by atoms with Gasteiger partial charge in [0.1, 0.15) is 12.2 Å². The molecule has 0 aromatic heterocycles. The number of carbonyl (C=O) groups is 2. The number of rotatable bonds is 35. The Bertz CT molecular complexity index is 695. The summed E-state index contributed by atoms with van der Waals surface area (Å²) in [7, 11) is 1.68. The van der Waals surface area contributed by atoms with Gasteiger partial charge in [-0.15, -0.1) is 0 Å². The van der Waals surface area contributed by atoms with Crippen molar-refractivity contribution in [1.29, 1.82) is 0 Å². The summed E-state index contributed by atoms with van der Waals surface area (Å²) in [6.07, 6.45) is 0.853. The van der Waals surface area contributed by atoms with Crippen molar-refractivity contribution in [2.45, 2.75) is 46.1 Å². The highest BCUT2D eigenvalue weighted by Gasteiger charge is 2.19. The summed E-state index contributed by atoms with van der Waals surface area (Å²) >= 11 is 0. The van der Waals surface area contributed by atoms with E-state index in [0.717, 1.165) is 6.42 Å². The molecular weight excluding hydrogens is 622 g/mol. The fourth-order valence-corrected chi connectivity index (χ4v) is 3.20. The molecule has 0 atom stereocenters. The molecule has 0 N–H and O–H groups in total. The first kappa shape index (κ1) is 45.3. The second-order valence-corrected chi connectivity index (χ2v) is 11.0. The molecule has 0 bridgehead atoms. The Balaban J connectivity index is 3.16. The molecule has 0 aliphatic heterocycles. The van der Waals surface area contributed by atoms with E-state index in [1.165, 1.54) is 4.90 Å². The van der Waals surface area contributed by atoms with Crippen LogP contribution >= 0.6 is 0 Å². The number of esters is 1. The second-order valence-electron chi connectivity index (χ2n) is 11.0. The highest BCUT2D eigenvalue weighted by atomic mass is 16.6. The molecule has 0 aromatic carbocycles. The van der Waals surface area contributed by atoms with Gasteiger partial charge < -0.3 is 61.7 Å². The maximum atomic E-state index is 11.8. The molecule has 0 saturated heterocycles. The fraction of sp³-hybridized carbons (Fsp3) is 0.938. The van der Waals surface area contributed by atoms with Gasteiger partial charge in [-0.05, 0) is 27.2 Å². The van der Waals surface area contributed by atoms with Gasteiger partial charge in [-0.25, -0.2) is 4.79 Å². The van der Waals surface area contributed by atoms with E-state index in [-0.39, 0.29) is 18.7 Å². The number of hydrogen-bond donors (Lipinski definition) is 0. The zero-order chi connectivity index (χ0) is 34.7. The SMILES string of the molecule is CCCC(=O)OCCOCCOCCOCCOCCOCCOCCOCCOCCOCCOCCN(C)C(=O)OC(C)(C)C. The van der Waals surface area contributed by atoms with Gasteiger partial charge in [-0.1, -0.05) is 6.92 Å². The third-order valence-electron chi connectivity index (χ3n) is 5.57. The first-order chi connectivity index (χ1) is 22.8. The minimum absolute atomic E-state index is 0.192. The van der Waals surface area contributed by atoms with E-state index < -0.39 is 5.60 Å². The Kier molecular flexibility index (Phi) is 33.0. The second kappa shape index (κ2) is 34.2. The van der Waals surface area contributed by atoms with Crippen molar-refractivity contribution >= 4 is 12.1 Å². The number of nitrogens with zero attached hydrogens (tertiary/aromatic N) is 1. The van der Waals surface area contributed by atoms with Crippen molar-refractivity contribution in [2.24, 2.45) is 0 Å². The van der Waals surface area contributed by atoms with Crippen LogP contribution in [0.4, 0.5) is 4.79 Å². The molecule has 0 spiro atoms. The van der Waals surface area contributed by atoms with Crippen molar-refractivity contribution < 1.29 is 66.4 Å². The van der Waals surface area contributed by atoms with E-state index in [0.29, 0.717) is 145 Å². The van der Waals surface area contributed by atoms with Crippen LogP contribution in [-0.4, -0.2) is 175 Å². The largest absolute Gasteiger partial charge is 0.463 e. The number of carbonyl (C=O) groups excluding carboxylic acids is 2. The Labute approximate surface area is 281 Å². The summed E-state index contributed by atoms with van der Waals surface area (Å²) < 4.78 is 64.7.